The van der Waals surface area contributed by atoms with Crippen molar-refractivity contribution in [2.75, 3.05) is 11.5 Å². The Labute approximate surface area is 141 Å². The predicted octanol–water partition coefficient (Wildman–Crippen LogP) is 1.92. The molecule has 0 bridgehead atoms. The Bertz CT molecular complexity index is 696. The van der Waals surface area contributed by atoms with Gasteiger partial charge in [0.2, 0.25) is 0 Å². The molecular weight excluding hydrogens is 332 g/mol. The van der Waals surface area contributed by atoms with Crippen molar-refractivity contribution in [3.05, 3.63) is 21.4 Å². The molecule has 0 aromatic carbocycles. The van der Waals surface area contributed by atoms with Crippen molar-refractivity contribution < 1.29 is 13.2 Å². The number of amides is 1. The van der Waals surface area contributed by atoms with E-state index in [0.717, 1.165) is 24.0 Å². The molecule has 7 heteroatoms. The average molecular weight is 354 g/mol. The Morgan fingerprint density at radius 2 is 2.00 bits per heavy atom. The Balaban J connectivity index is 1.39. The summed E-state index contributed by atoms with van der Waals surface area (Å²) in [6, 6.07) is 2.50. The summed E-state index contributed by atoms with van der Waals surface area (Å²) in [5, 5.41) is 2.88. The van der Waals surface area contributed by atoms with Gasteiger partial charge in [0.05, 0.1) is 16.4 Å². The Kier molecular flexibility index (Phi) is 3.98. The first kappa shape index (κ1) is 15.6. The van der Waals surface area contributed by atoms with E-state index in [2.05, 4.69) is 10.2 Å². The maximum Gasteiger partial charge on any atom is 0.261 e. The van der Waals surface area contributed by atoms with Crippen LogP contribution in [0.3, 0.4) is 0 Å². The Hall–Kier alpha value is -0.920. The fourth-order valence-electron chi connectivity index (χ4n) is 4.00. The number of carbonyl (C=O) groups is 1. The summed E-state index contributed by atoms with van der Waals surface area (Å²) in [5.74, 6) is 0.160. The first-order valence-corrected chi connectivity index (χ1v) is 11.0. The van der Waals surface area contributed by atoms with Crippen LogP contribution in [0.1, 0.15) is 52.2 Å². The van der Waals surface area contributed by atoms with Gasteiger partial charge in [-0.15, -0.1) is 11.3 Å². The van der Waals surface area contributed by atoms with Gasteiger partial charge in [0.1, 0.15) is 0 Å². The molecule has 3 aliphatic rings. The molecule has 1 N–H and O–H groups in total. The molecule has 23 heavy (non-hydrogen) atoms. The number of nitrogens with one attached hydrogen (secondary N) is 1. The normalized spacial score (nSPS) is 27.4. The van der Waals surface area contributed by atoms with Crippen LogP contribution in [0.15, 0.2) is 6.07 Å². The van der Waals surface area contributed by atoms with E-state index in [1.54, 1.807) is 11.3 Å². The molecule has 1 unspecified atom stereocenters. The molecule has 5 nitrogen and oxygen atoms in total. The number of carbonyl (C=O) groups excluding carboxylic acids is 1. The van der Waals surface area contributed by atoms with Gasteiger partial charge < -0.3 is 5.32 Å². The fraction of sp³-hybridized carbons (Fsp3) is 0.688. The topological polar surface area (TPSA) is 66.5 Å². The zero-order valence-corrected chi connectivity index (χ0v) is 14.7. The number of hydrogen-bond donors (Lipinski definition) is 1. The largest absolute Gasteiger partial charge is 0.348 e. The molecule has 1 aliphatic carbocycles. The summed E-state index contributed by atoms with van der Waals surface area (Å²) >= 11 is 1.57. The highest BCUT2D eigenvalue weighted by molar-refractivity contribution is 7.91. The smallest absolute Gasteiger partial charge is 0.261 e. The second-order valence-corrected chi connectivity index (χ2v) is 10.3. The third kappa shape index (κ3) is 3.19. The van der Waals surface area contributed by atoms with E-state index >= 15 is 0 Å². The summed E-state index contributed by atoms with van der Waals surface area (Å²) in [4.78, 5) is 16.9. The summed E-state index contributed by atoms with van der Waals surface area (Å²) in [5.41, 5.74) is 1.28. The highest BCUT2D eigenvalue weighted by Gasteiger charge is 2.32. The lowest BCUT2D eigenvalue weighted by Crippen LogP contribution is -2.35. The van der Waals surface area contributed by atoms with Crippen LogP contribution < -0.4 is 5.32 Å². The molecule has 1 saturated carbocycles. The van der Waals surface area contributed by atoms with Gasteiger partial charge in [0.25, 0.3) is 5.91 Å². The minimum Gasteiger partial charge on any atom is -0.348 e. The SMILES string of the molecule is O=C(NC1CCS(=O)(=O)C1)c1cc2c(s1)CN(C1CCCC1)C2. The fourth-order valence-corrected chi connectivity index (χ4v) is 6.77. The van der Waals surface area contributed by atoms with Crippen molar-refractivity contribution in [2.24, 2.45) is 0 Å². The lowest BCUT2D eigenvalue weighted by atomic mass is 10.2. The zero-order valence-electron chi connectivity index (χ0n) is 13.1. The van der Waals surface area contributed by atoms with Gasteiger partial charge >= 0.3 is 0 Å². The molecule has 0 spiro atoms. The standard InChI is InChI=1S/C16H22N2O3S2/c19-16(17-12-5-6-23(20,21)10-12)14-7-11-8-18(9-15(11)22-14)13-3-1-2-4-13/h7,12-13H,1-6,8-10H2,(H,17,19). The minimum absolute atomic E-state index is 0.0826. The molecule has 1 aromatic heterocycles. The van der Waals surface area contributed by atoms with Crippen molar-refractivity contribution >= 4 is 27.1 Å². The van der Waals surface area contributed by atoms with Crippen molar-refractivity contribution in [2.45, 2.75) is 57.3 Å². The number of thiophene rings is 1. The second kappa shape index (κ2) is 5.86. The quantitative estimate of drug-likeness (QED) is 0.901. The molecule has 0 radical (unpaired) electrons. The van der Waals surface area contributed by atoms with E-state index in [1.165, 1.54) is 36.1 Å². The zero-order chi connectivity index (χ0) is 16.0. The van der Waals surface area contributed by atoms with Crippen LogP contribution in [0.4, 0.5) is 0 Å². The average Bonchev–Trinajstić information content (AvgIpc) is 3.20. The van der Waals surface area contributed by atoms with E-state index < -0.39 is 9.84 Å². The Morgan fingerprint density at radius 1 is 1.22 bits per heavy atom. The van der Waals surface area contributed by atoms with Gasteiger partial charge in [0.15, 0.2) is 9.84 Å². The summed E-state index contributed by atoms with van der Waals surface area (Å²) in [7, 11) is -2.95. The molecule has 2 fully saturated rings. The van der Waals surface area contributed by atoms with Crippen LogP contribution in [0.5, 0.6) is 0 Å². The number of sulfone groups is 1. The number of rotatable bonds is 3. The molecule has 1 amide bonds. The van der Waals surface area contributed by atoms with Crippen LogP contribution >= 0.6 is 11.3 Å². The van der Waals surface area contributed by atoms with E-state index in [1.807, 2.05) is 6.07 Å². The first-order chi connectivity index (χ1) is 11.0. The third-order valence-electron chi connectivity index (χ3n) is 5.25. The van der Waals surface area contributed by atoms with Crippen LogP contribution in [-0.4, -0.2) is 42.8 Å². The molecule has 2 aliphatic heterocycles. The number of hydrogen-bond acceptors (Lipinski definition) is 5. The molecule has 1 atom stereocenters. The predicted molar refractivity (Wildman–Crippen MR) is 90.3 cm³/mol. The lowest BCUT2D eigenvalue weighted by molar-refractivity contribution is 0.0945. The van der Waals surface area contributed by atoms with Crippen LogP contribution in [0.25, 0.3) is 0 Å². The summed E-state index contributed by atoms with van der Waals surface area (Å²) in [6.45, 7) is 1.93. The highest BCUT2D eigenvalue weighted by Crippen LogP contribution is 2.36. The minimum atomic E-state index is -2.95. The van der Waals surface area contributed by atoms with Crippen molar-refractivity contribution in [3.63, 3.8) is 0 Å². The molecule has 1 saturated heterocycles. The van der Waals surface area contributed by atoms with E-state index in [4.69, 9.17) is 0 Å². The van der Waals surface area contributed by atoms with Gasteiger partial charge in [-0.1, -0.05) is 12.8 Å². The van der Waals surface area contributed by atoms with Crippen molar-refractivity contribution in [3.8, 4) is 0 Å². The van der Waals surface area contributed by atoms with Gasteiger partial charge in [-0.2, -0.15) is 0 Å². The summed E-state index contributed by atoms with van der Waals surface area (Å²) < 4.78 is 23.0. The highest BCUT2D eigenvalue weighted by atomic mass is 32.2. The van der Waals surface area contributed by atoms with Crippen LogP contribution in [0, 0.1) is 0 Å². The number of fused-ring (bicyclic) bond motifs is 1. The van der Waals surface area contributed by atoms with Gasteiger partial charge in [-0.25, -0.2) is 8.42 Å². The molecule has 126 valence electrons. The monoisotopic (exact) mass is 354 g/mol. The Morgan fingerprint density at radius 3 is 2.65 bits per heavy atom. The van der Waals surface area contributed by atoms with Gasteiger partial charge in [-0.05, 0) is 30.9 Å². The van der Waals surface area contributed by atoms with Crippen molar-refractivity contribution in [1.29, 1.82) is 0 Å². The maximum absolute atomic E-state index is 12.3. The van der Waals surface area contributed by atoms with E-state index in [0.29, 0.717) is 6.42 Å². The second-order valence-electron chi connectivity index (χ2n) is 6.98. The maximum atomic E-state index is 12.3. The van der Waals surface area contributed by atoms with Crippen LogP contribution in [-0.2, 0) is 22.9 Å². The molecular formula is C16H22N2O3S2. The van der Waals surface area contributed by atoms with E-state index in [-0.39, 0.29) is 23.5 Å². The third-order valence-corrected chi connectivity index (χ3v) is 8.18. The lowest BCUT2D eigenvalue weighted by Gasteiger charge is -2.22. The van der Waals surface area contributed by atoms with Crippen molar-refractivity contribution in [1.82, 2.24) is 10.2 Å². The van der Waals surface area contributed by atoms with Gasteiger partial charge in [0, 0.05) is 30.1 Å². The number of nitrogens with zero attached hydrogens (tertiary/aromatic N) is 1. The summed E-state index contributed by atoms with van der Waals surface area (Å²) in [6.07, 6.45) is 5.82. The molecule has 3 heterocycles. The van der Waals surface area contributed by atoms with Gasteiger partial charge in [-0.3, -0.25) is 9.69 Å². The van der Waals surface area contributed by atoms with E-state index in [9.17, 15) is 13.2 Å². The molecule has 4 rings (SSSR count). The van der Waals surface area contributed by atoms with Crippen LogP contribution in [0.2, 0.25) is 0 Å². The molecule has 1 aromatic rings. The first-order valence-electron chi connectivity index (χ1n) is 8.37.